The summed E-state index contributed by atoms with van der Waals surface area (Å²) in [5.74, 6) is 1.76. The first kappa shape index (κ1) is 40.9. The third-order valence-corrected chi connectivity index (χ3v) is 11.4. The Balaban J connectivity index is 1.16. The van der Waals surface area contributed by atoms with E-state index in [0.29, 0.717) is 19.8 Å². The maximum Gasteiger partial charge on any atom is 0.116 e. The van der Waals surface area contributed by atoms with Crippen molar-refractivity contribution in [2.75, 3.05) is 69.3 Å². The molecule has 0 bridgehead atoms. The standard InChI is InChI=1S/C46H67N7O/c1-8-11-12-13-45(36(5)46-37(6)54-29-23-48-46)53-24-22-40(32-47-7)44(33-53)50-34-49-41-18-14-38(15-19-41)31-39-16-20-43(21-17-39)52-27-25-51(26-28-52)42(10-3)30-35(4)9-2/h12-21,32,35,42,48-49H,7-11,22-31,33-34H2,1-6H3/b13-12+,40-32-,45-36+,50-44-. The maximum absolute atomic E-state index is 5.90. The molecule has 0 radical (unpaired) electrons. The maximum atomic E-state index is 5.90. The minimum Gasteiger partial charge on any atom is -0.494 e. The number of benzene rings is 2. The SMILES string of the molecule is C=N/C=C1/CCN(C(/C=C/CCC)=C(\C)C2=C(C)OCCN2)C/C1=N/CNc1ccc(Cc2ccc(N3CCN(C(CC)CC(C)CC)CC3)cc2)cc1. The topological polar surface area (TPSA) is 67.7 Å². The van der Waals surface area contributed by atoms with Gasteiger partial charge in [0.2, 0.25) is 0 Å². The Morgan fingerprint density at radius 1 is 0.981 bits per heavy atom. The van der Waals surface area contributed by atoms with Gasteiger partial charge in [-0.1, -0.05) is 70.9 Å². The first-order valence-electron chi connectivity index (χ1n) is 20.6. The molecule has 3 aliphatic rings. The Labute approximate surface area is 326 Å². The van der Waals surface area contributed by atoms with Gasteiger partial charge in [0, 0.05) is 68.6 Å². The average molecular weight is 734 g/mol. The molecule has 2 aromatic carbocycles. The number of ether oxygens (including phenoxy) is 1. The zero-order valence-electron chi connectivity index (χ0n) is 34.2. The van der Waals surface area contributed by atoms with Crippen molar-refractivity contribution in [3.8, 4) is 0 Å². The monoisotopic (exact) mass is 734 g/mol. The number of allylic oxidation sites excluding steroid dienone is 4. The van der Waals surface area contributed by atoms with E-state index in [1.165, 1.54) is 47.3 Å². The van der Waals surface area contributed by atoms with Crippen molar-refractivity contribution in [2.24, 2.45) is 15.9 Å². The lowest BCUT2D eigenvalue weighted by Crippen LogP contribution is -2.50. The Morgan fingerprint density at radius 3 is 2.35 bits per heavy atom. The molecule has 2 saturated heterocycles. The second kappa shape index (κ2) is 21.0. The molecule has 292 valence electrons. The van der Waals surface area contributed by atoms with E-state index in [0.717, 1.165) is 105 Å². The molecule has 3 aliphatic heterocycles. The lowest BCUT2D eigenvalue weighted by atomic mass is 9.96. The lowest BCUT2D eigenvalue weighted by Gasteiger charge is -2.40. The van der Waals surface area contributed by atoms with Crippen LogP contribution in [0.4, 0.5) is 11.4 Å². The van der Waals surface area contributed by atoms with Crippen LogP contribution in [-0.4, -0.2) is 87.4 Å². The summed E-state index contributed by atoms with van der Waals surface area (Å²) in [6.45, 7) is 25.4. The van der Waals surface area contributed by atoms with Crippen molar-refractivity contribution in [3.63, 3.8) is 0 Å². The van der Waals surface area contributed by atoms with Gasteiger partial charge in [-0.05, 0) is 111 Å². The van der Waals surface area contributed by atoms with Crippen LogP contribution in [0, 0.1) is 5.92 Å². The van der Waals surface area contributed by atoms with Gasteiger partial charge in [0.15, 0.2) is 0 Å². The van der Waals surface area contributed by atoms with E-state index >= 15 is 0 Å². The minimum absolute atomic E-state index is 0.493. The third kappa shape index (κ3) is 11.4. The highest BCUT2D eigenvalue weighted by atomic mass is 16.5. The molecule has 0 aliphatic carbocycles. The molecule has 2 aromatic rings. The molecule has 54 heavy (non-hydrogen) atoms. The van der Waals surface area contributed by atoms with E-state index in [1.807, 2.05) is 13.1 Å². The number of aliphatic imine (C=N–C) groups is 2. The normalized spacial score (nSPS) is 20.2. The van der Waals surface area contributed by atoms with Gasteiger partial charge in [-0.25, -0.2) is 0 Å². The van der Waals surface area contributed by atoms with Crippen LogP contribution in [0.15, 0.2) is 105 Å². The van der Waals surface area contributed by atoms with Gasteiger partial charge < -0.3 is 25.2 Å². The van der Waals surface area contributed by atoms with Gasteiger partial charge in [-0.2, -0.15) is 0 Å². The van der Waals surface area contributed by atoms with Gasteiger partial charge in [0.25, 0.3) is 0 Å². The number of hydrogen-bond donors (Lipinski definition) is 2. The lowest BCUT2D eigenvalue weighted by molar-refractivity contribution is 0.156. The number of nitrogens with one attached hydrogen (secondary N) is 2. The second-order valence-corrected chi connectivity index (χ2v) is 15.2. The molecule has 3 heterocycles. The van der Waals surface area contributed by atoms with E-state index in [1.54, 1.807) is 0 Å². The number of piperazine rings is 1. The quantitative estimate of drug-likeness (QED) is 0.125. The summed E-state index contributed by atoms with van der Waals surface area (Å²) in [7, 11) is 0. The van der Waals surface area contributed by atoms with E-state index in [2.05, 4.69) is 132 Å². The second-order valence-electron chi connectivity index (χ2n) is 15.2. The van der Waals surface area contributed by atoms with Gasteiger partial charge in [-0.15, -0.1) is 0 Å². The number of unbranched alkanes of at least 4 members (excludes halogenated alkanes) is 1. The molecule has 5 rings (SSSR count). The Bertz CT molecular complexity index is 1640. The highest BCUT2D eigenvalue weighted by Crippen LogP contribution is 2.27. The first-order chi connectivity index (χ1) is 26.3. The summed E-state index contributed by atoms with van der Waals surface area (Å²) in [6.07, 6.45) is 14.2. The van der Waals surface area contributed by atoms with Crippen LogP contribution in [0.3, 0.4) is 0 Å². The highest BCUT2D eigenvalue weighted by Gasteiger charge is 2.25. The Morgan fingerprint density at radius 2 is 1.70 bits per heavy atom. The number of rotatable bonds is 17. The fraction of sp³-hybridized carbons (Fsp3) is 0.522. The summed E-state index contributed by atoms with van der Waals surface area (Å²) >= 11 is 0. The van der Waals surface area contributed by atoms with E-state index in [4.69, 9.17) is 9.73 Å². The predicted molar refractivity (Wildman–Crippen MR) is 231 cm³/mol. The van der Waals surface area contributed by atoms with Gasteiger partial charge >= 0.3 is 0 Å². The van der Waals surface area contributed by atoms with Crippen molar-refractivity contribution in [3.05, 3.63) is 106 Å². The molecule has 2 N–H and O–H groups in total. The predicted octanol–water partition coefficient (Wildman–Crippen LogP) is 9.20. The Kier molecular flexibility index (Phi) is 15.9. The molecule has 8 nitrogen and oxygen atoms in total. The highest BCUT2D eigenvalue weighted by molar-refractivity contribution is 6.02. The molecule has 8 heteroatoms. The zero-order valence-corrected chi connectivity index (χ0v) is 34.2. The van der Waals surface area contributed by atoms with E-state index < -0.39 is 0 Å². The van der Waals surface area contributed by atoms with Crippen LogP contribution in [0.2, 0.25) is 0 Å². The summed E-state index contributed by atoms with van der Waals surface area (Å²) in [5, 5.41) is 7.11. The summed E-state index contributed by atoms with van der Waals surface area (Å²) in [5.41, 5.74) is 10.8. The van der Waals surface area contributed by atoms with Crippen LogP contribution in [-0.2, 0) is 11.2 Å². The van der Waals surface area contributed by atoms with E-state index in [9.17, 15) is 0 Å². The largest absolute Gasteiger partial charge is 0.494 e. The van der Waals surface area contributed by atoms with Crippen LogP contribution in [0.5, 0.6) is 0 Å². The smallest absolute Gasteiger partial charge is 0.116 e. The van der Waals surface area contributed by atoms with Crippen LogP contribution in [0.1, 0.15) is 91.2 Å². The minimum atomic E-state index is 0.493. The number of anilines is 2. The van der Waals surface area contributed by atoms with Crippen LogP contribution in [0.25, 0.3) is 0 Å². The molecular weight excluding hydrogens is 667 g/mol. The molecule has 0 aromatic heterocycles. The van der Waals surface area contributed by atoms with Gasteiger partial charge in [-0.3, -0.25) is 14.9 Å². The van der Waals surface area contributed by atoms with Crippen LogP contribution >= 0.6 is 0 Å². The summed E-state index contributed by atoms with van der Waals surface area (Å²) < 4.78 is 5.90. The molecular formula is C46H67N7O. The molecule has 0 amide bonds. The van der Waals surface area contributed by atoms with Gasteiger partial charge in [0.1, 0.15) is 19.0 Å². The number of likely N-dealkylation sites (tertiary alicyclic amines) is 1. The summed E-state index contributed by atoms with van der Waals surface area (Å²) in [6, 6.07) is 18.7. The number of hydrogen-bond acceptors (Lipinski definition) is 8. The van der Waals surface area contributed by atoms with Crippen molar-refractivity contribution in [2.45, 2.75) is 92.5 Å². The van der Waals surface area contributed by atoms with Crippen molar-refractivity contribution in [1.82, 2.24) is 15.1 Å². The van der Waals surface area contributed by atoms with Gasteiger partial charge in [0.05, 0.1) is 18.0 Å². The molecule has 2 fully saturated rings. The zero-order chi connectivity index (χ0) is 38.3. The van der Waals surface area contributed by atoms with Crippen molar-refractivity contribution < 1.29 is 4.74 Å². The van der Waals surface area contributed by atoms with Crippen molar-refractivity contribution in [1.29, 1.82) is 0 Å². The fourth-order valence-electron chi connectivity index (χ4n) is 7.88. The molecule has 2 atom stereocenters. The number of piperidine rings is 1. The molecule has 0 spiro atoms. The molecule has 0 saturated carbocycles. The average Bonchev–Trinajstić information content (AvgIpc) is 3.20. The summed E-state index contributed by atoms with van der Waals surface area (Å²) in [4.78, 5) is 16.9. The Hall–Kier alpha value is -4.30. The third-order valence-electron chi connectivity index (χ3n) is 11.4. The number of nitrogens with zero attached hydrogens (tertiary/aromatic N) is 5. The van der Waals surface area contributed by atoms with Crippen molar-refractivity contribution >= 4 is 23.8 Å². The first-order valence-corrected chi connectivity index (χ1v) is 20.6. The van der Waals surface area contributed by atoms with Crippen LogP contribution < -0.4 is 15.5 Å². The molecule has 2 unspecified atom stereocenters. The fourth-order valence-corrected chi connectivity index (χ4v) is 7.88. The van der Waals surface area contributed by atoms with E-state index in [-0.39, 0.29) is 0 Å².